The van der Waals surface area contributed by atoms with Gasteiger partial charge in [0.25, 0.3) is 0 Å². The highest BCUT2D eigenvalue weighted by atomic mass is 35.5. The van der Waals surface area contributed by atoms with Crippen molar-refractivity contribution in [3.8, 4) is 5.75 Å². The fraction of sp³-hybridized carbons (Fsp3) is 0.158. The summed E-state index contributed by atoms with van der Waals surface area (Å²) in [5.74, 6) is -0.263. The van der Waals surface area contributed by atoms with Crippen molar-refractivity contribution < 1.29 is 19.6 Å². The topological polar surface area (TPSA) is 72.7 Å². The lowest BCUT2D eigenvalue weighted by Crippen LogP contribution is -2.15. The standard InChI is InChI=1S/C19H17ClN2O3/c1-3-25-19(24)16-10-21-17-11(2)8-12(20)9-15(17)18(16)22-13-4-6-14(23)7-5-13/h4-10,23H,3H2,1-2H3,(H,21,22)/p+1. The molecule has 3 rings (SSSR count). The molecule has 0 aliphatic heterocycles. The lowest BCUT2D eigenvalue weighted by molar-refractivity contribution is -0.345. The van der Waals surface area contributed by atoms with Crippen LogP contribution in [0.25, 0.3) is 10.9 Å². The Hall–Kier alpha value is -2.79. The van der Waals surface area contributed by atoms with Crippen LogP contribution in [-0.2, 0) is 4.74 Å². The van der Waals surface area contributed by atoms with Crippen LogP contribution in [0.15, 0.2) is 42.6 Å². The molecule has 0 bridgehead atoms. The van der Waals surface area contributed by atoms with Crippen molar-refractivity contribution in [1.29, 1.82) is 0 Å². The van der Waals surface area contributed by atoms with Gasteiger partial charge in [-0.25, -0.2) is 9.78 Å². The number of carbonyl (C=O) groups excluding carboxylic acids is 1. The monoisotopic (exact) mass is 357 g/mol. The Bertz CT molecular complexity index is 940. The molecule has 128 valence electrons. The van der Waals surface area contributed by atoms with E-state index in [-0.39, 0.29) is 12.4 Å². The van der Waals surface area contributed by atoms with Crippen molar-refractivity contribution in [2.45, 2.75) is 13.8 Å². The van der Waals surface area contributed by atoms with Crippen LogP contribution in [-0.4, -0.2) is 17.7 Å². The highest BCUT2D eigenvalue weighted by Crippen LogP contribution is 2.32. The minimum Gasteiger partial charge on any atom is -0.508 e. The third-order valence-electron chi connectivity index (χ3n) is 3.83. The molecule has 1 aromatic heterocycles. The van der Waals surface area contributed by atoms with Gasteiger partial charge in [-0.05, 0) is 50.2 Å². The number of halogens is 1. The third-order valence-corrected chi connectivity index (χ3v) is 4.05. The lowest BCUT2D eigenvalue weighted by atomic mass is 10.1. The molecule has 25 heavy (non-hydrogen) atoms. The van der Waals surface area contributed by atoms with E-state index in [1.807, 2.05) is 13.0 Å². The highest BCUT2D eigenvalue weighted by molar-refractivity contribution is 6.31. The first-order valence-corrected chi connectivity index (χ1v) is 8.25. The number of esters is 1. The number of fused-ring (bicyclic) bond motifs is 1. The number of aromatic hydroxyl groups is 1. The van der Waals surface area contributed by atoms with Gasteiger partial charge in [-0.2, -0.15) is 0 Å². The highest BCUT2D eigenvalue weighted by Gasteiger charge is 2.22. The van der Waals surface area contributed by atoms with E-state index < -0.39 is 5.97 Å². The normalized spacial score (nSPS) is 10.7. The SMILES string of the molecule is CCOC(=O)c1c[nH+]c2c(C)cc(Cl)cc2c1Nc1ccc(O)cc1. The Morgan fingerprint density at radius 3 is 2.68 bits per heavy atom. The van der Waals surface area contributed by atoms with Crippen LogP contribution in [0, 0.1) is 6.92 Å². The van der Waals surface area contributed by atoms with Crippen molar-refractivity contribution in [2.75, 3.05) is 11.9 Å². The number of phenols is 1. The van der Waals surface area contributed by atoms with Crippen LogP contribution in [0.2, 0.25) is 5.02 Å². The number of carbonyl (C=O) groups is 1. The molecule has 0 fully saturated rings. The van der Waals surface area contributed by atoms with Crippen LogP contribution >= 0.6 is 11.6 Å². The van der Waals surface area contributed by atoms with Crippen LogP contribution in [0.4, 0.5) is 11.4 Å². The van der Waals surface area contributed by atoms with Gasteiger partial charge in [0, 0.05) is 16.3 Å². The molecule has 0 aliphatic rings. The van der Waals surface area contributed by atoms with Crippen LogP contribution in [0.3, 0.4) is 0 Å². The minimum atomic E-state index is -0.431. The van der Waals surface area contributed by atoms with Crippen molar-refractivity contribution in [1.82, 2.24) is 0 Å². The van der Waals surface area contributed by atoms with Gasteiger partial charge in [-0.1, -0.05) is 11.6 Å². The number of pyridine rings is 1. The zero-order valence-electron chi connectivity index (χ0n) is 13.9. The third kappa shape index (κ3) is 3.51. The fourth-order valence-electron chi connectivity index (χ4n) is 2.69. The van der Waals surface area contributed by atoms with E-state index >= 15 is 0 Å². The number of aromatic amines is 1. The number of rotatable bonds is 4. The summed E-state index contributed by atoms with van der Waals surface area (Å²) in [5, 5.41) is 14.1. The second-order valence-corrected chi connectivity index (χ2v) is 6.05. The number of nitrogens with one attached hydrogen (secondary N) is 2. The summed E-state index contributed by atoms with van der Waals surface area (Å²) in [5.41, 5.74) is 3.55. The Morgan fingerprint density at radius 2 is 2.00 bits per heavy atom. The summed E-state index contributed by atoms with van der Waals surface area (Å²) in [6, 6.07) is 10.2. The number of hydrogen-bond donors (Lipinski definition) is 2. The molecule has 0 saturated carbocycles. The van der Waals surface area contributed by atoms with E-state index in [9.17, 15) is 9.90 Å². The molecule has 3 N–H and O–H groups in total. The van der Waals surface area contributed by atoms with Crippen LogP contribution in [0.5, 0.6) is 5.75 Å². The van der Waals surface area contributed by atoms with E-state index in [2.05, 4.69) is 10.3 Å². The Labute approximate surface area is 150 Å². The first kappa shape index (κ1) is 17.0. The first-order chi connectivity index (χ1) is 12.0. The van der Waals surface area contributed by atoms with Gasteiger partial charge < -0.3 is 15.2 Å². The van der Waals surface area contributed by atoms with Crippen molar-refractivity contribution >= 4 is 39.8 Å². The van der Waals surface area contributed by atoms with Gasteiger partial charge in [-0.3, -0.25) is 0 Å². The van der Waals surface area contributed by atoms with E-state index in [1.54, 1.807) is 43.5 Å². The predicted molar refractivity (Wildman–Crippen MR) is 97.6 cm³/mol. The largest absolute Gasteiger partial charge is 0.508 e. The summed E-state index contributed by atoms with van der Waals surface area (Å²) < 4.78 is 5.16. The number of aromatic nitrogens is 1. The van der Waals surface area contributed by atoms with E-state index in [4.69, 9.17) is 16.3 Å². The summed E-state index contributed by atoms with van der Waals surface area (Å²) in [6.07, 6.45) is 1.63. The van der Waals surface area contributed by atoms with Crippen molar-refractivity contribution in [3.05, 3.63) is 58.7 Å². The molecule has 5 nitrogen and oxygen atoms in total. The average Bonchev–Trinajstić information content (AvgIpc) is 2.57. The van der Waals surface area contributed by atoms with E-state index in [1.165, 1.54) is 0 Å². The lowest BCUT2D eigenvalue weighted by Gasteiger charge is -2.13. The summed E-state index contributed by atoms with van der Waals surface area (Å²) >= 11 is 6.22. The summed E-state index contributed by atoms with van der Waals surface area (Å²) in [4.78, 5) is 15.5. The molecule has 0 aliphatic carbocycles. The fourth-order valence-corrected chi connectivity index (χ4v) is 2.96. The van der Waals surface area contributed by atoms with Crippen LogP contribution in [0.1, 0.15) is 22.8 Å². The maximum absolute atomic E-state index is 12.4. The number of hydrogen-bond acceptors (Lipinski definition) is 4. The number of phenolic OH excluding ortho intramolecular Hbond substituents is 1. The van der Waals surface area contributed by atoms with Crippen LogP contribution < -0.4 is 10.3 Å². The number of H-pyrrole nitrogens is 1. The molecule has 0 atom stereocenters. The van der Waals surface area contributed by atoms with Gasteiger partial charge in [0.15, 0.2) is 6.20 Å². The van der Waals surface area contributed by atoms with Gasteiger partial charge in [0.2, 0.25) is 5.52 Å². The Balaban J connectivity index is 2.21. The van der Waals surface area contributed by atoms with E-state index in [0.717, 1.165) is 22.2 Å². The zero-order chi connectivity index (χ0) is 18.0. The molecule has 3 aromatic rings. The summed E-state index contributed by atoms with van der Waals surface area (Å²) in [6.45, 7) is 3.99. The van der Waals surface area contributed by atoms with Gasteiger partial charge in [0.1, 0.15) is 11.3 Å². The molecule has 0 unspecified atom stereocenters. The number of aryl methyl sites for hydroxylation is 1. The smallest absolute Gasteiger partial charge is 0.346 e. The number of ether oxygens (including phenoxy) is 1. The maximum Gasteiger partial charge on any atom is 0.346 e. The van der Waals surface area contributed by atoms with Crippen molar-refractivity contribution in [2.24, 2.45) is 0 Å². The van der Waals surface area contributed by atoms with E-state index in [0.29, 0.717) is 16.3 Å². The first-order valence-electron chi connectivity index (χ1n) is 7.87. The second-order valence-electron chi connectivity index (χ2n) is 5.61. The zero-order valence-corrected chi connectivity index (χ0v) is 14.6. The molecular weight excluding hydrogens is 340 g/mol. The van der Waals surface area contributed by atoms with Gasteiger partial charge in [-0.15, -0.1) is 0 Å². The molecule has 0 amide bonds. The van der Waals surface area contributed by atoms with Gasteiger partial charge >= 0.3 is 5.97 Å². The maximum atomic E-state index is 12.4. The Morgan fingerprint density at radius 1 is 1.28 bits per heavy atom. The van der Waals surface area contributed by atoms with Crippen molar-refractivity contribution in [3.63, 3.8) is 0 Å². The average molecular weight is 358 g/mol. The molecule has 6 heteroatoms. The molecule has 0 radical (unpaired) electrons. The number of anilines is 2. The Kier molecular flexibility index (Phi) is 4.76. The molecule has 0 spiro atoms. The van der Waals surface area contributed by atoms with Gasteiger partial charge in [0.05, 0.1) is 17.7 Å². The molecule has 2 aromatic carbocycles. The molecule has 0 saturated heterocycles. The summed E-state index contributed by atoms with van der Waals surface area (Å²) in [7, 11) is 0. The number of benzene rings is 2. The quantitative estimate of drug-likeness (QED) is 0.541. The predicted octanol–water partition coefficient (Wildman–Crippen LogP) is 4.24. The molecule has 1 heterocycles. The minimum absolute atomic E-state index is 0.168. The second kappa shape index (κ2) is 6.99. The molecular formula is C19H18ClN2O3+.